The van der Waals surface area contributed by atoms with Crippen molar-refractivity contribution < 1.29 is 9.59 Å². The second-order valence-corrected chi connectivity index (χ2v) is 12.3. The fourth-order valence-electron chi connectivity index (χ4n) is 5.65. The van der Waals surface area contributed by atoms with E-state index in [9.17, 15) is 14.4 Å². The van der Waals surface area contributed by atoms with Gasteiger partial charge in [0.25, 0.3) is 17.4 Å². The van der Waals surface area contributed by atoms with Crippen molar-refractivity contribution in [2.45, 2.75) is 45.7 Å². The van der Waals surface area contributed by atoms with Gasteiger partial charge in [-0.05, 0) is 99.2 Å². The summed E-state index contributed by atoms with van der Waals surface area (Å²) in [5, 5.41) is 2.65. The van der Waals surface area contributed by atoms with E-state index in [-0.39, 0.29) is 30.0 Å². The topological polar surface area (TPSA) is 87.5 Å². The van der Waals surface area contributed by atoms with Crippen LogP contribution in [0, 0.1) is 12.8 Å². The maximum absolute atomic E-state index is 14.4. The third kappa shape index (κ3) is 5.73. The molecule has 2 aliphatic rings. The quantitative estimate of drug-likeness (QED) is 0.276. The number of rotatable bonds is 7. The van der Waals surface area contributed by atoms with Crippen molar-refractivity contribution in [3.63, 3.8) is 0 Å². The molecule has 1 aromatic heterocycles. The number of hydrogen-bond acceptors (Lipinski definition) is 5. The first-order chi connectivity index (χ1) is 20.7. The van der Waals surface area contributed by atoms with Crippen molar-refractivity contribution in [2.24, 2.45) is 5.92 Å². The predicted octanol–water partition coefficient (Wildman–Crippen LogP) is 5.80. The number of nitrogens with one attached hydrogen (secondary N) is 1. The molecule has 2 amide bonds. The number of fused-ring (bicyclic) bond motifs is 1. The number of para-hydroxylation sites is 1. The largest absolute Gasteiger partial charge is 0.355 e. The zero-order chi connectivity index (χ0) is 30.2. The number of benzene rings is 3. The molecule has 1 aliphatic carbocycles. The summed E-state index contributed by atoms with van der Waals surface area (Å²) >= 11 is 3.52. The van der Waals surface area contributed by atoms with E-state index in [1.165, 1.54) is 0 Å². The van der Waals surface area contributed by atoms with Crippen LogP contribution in [-0.2, 0) is 13.0 Å². The molecule has 0 bridgehead atoms. The Kier molecular flexibility index (Phi) is 7.92. The normalized spacial score (nSPS) is 16.0. The highest BCUT2D eigenvalue weighted by atomic mass is 79.9. The average molecular weight is 641 g/mol. The van der Waals surface area contributed by atoms with Crippen molar-refractivity contribution in [1.82, 2.24) is 19.8 Å². The van der Waals surface area contributed by atoms with Crippen LogP contribution in [0.3, 0.4) is 0 Å². The Morgan fingerprint density at radius 3 is 2.37 bits per heavy atom. The van der Waals surface area contributed by atoms with E-state index in [1.54, 1.807) is 35.9 Å². The Bertz CT molecular complexity index is 1750. The molecule has 220 valence electrons. The lowest BCUT2D eigenvalue weighted by Gasteiger charge is -2.36. The fourth-order valence-corrected chi connectivity index (χ4v) is 5.90. The van der Waals surface area contributed by atoms with E-state index in [4.69, 9.17) is 4.98 Å². The Morgan fingerprint density at radius 1 is 1.02 bits per heavy atom. The van der Waals surface area contributed by atoms with E-state index >= 15 is 0 Å². The zero-order valence-corrected chi connectivity index (χ0v) is 26.1. The Balaban J connectivity index is 1.48. The van der Waals surface area contributed by atoms with E-state index < -0.39 is 0 Å². The van der Waals surface area contributed by atoms with Crippen LogP contribution in [0.5, 0.6) is 0 Å². The van der Waals surface area contributed by atoms with Gasteiger partial charge in [-0.3, -0.25) is 14.4 Å². The molecule has 0 spiro atoms. The molecule has 9 heteroatoms. The van der Waals surface area contributed by atoms with Gasteiger partial charge in [-0.15, -0.1) is 0 Å². The maximum Gasteiger partial charge on any atom is 0.263 e. The molecule has 43 heavy (non-hydrogen) atoms. The van der Waals surface area contributed by atoms with Crippen molar-refractivity contribution in [3.8, 4) is 5.69 Å². The number of carbonyl (C=O) groups is 2. The Morgan fingerprint density at radius 2 is 1.72 bits per heavy atom. The molecule has 1 atom stereocenters. The number of hydrogen-bond donors (Lipinski definition) is 1. The summed E-state index contributed by atoms with van der Waals surface area (Å²) in [6.07, 6.45) is 2.66. The highest BCUT2D eigenvalue weighted by molar-refractivity contribution is 9.10. The van der Waals surface area contributed by atoms with Gasteiger partial charge in [0.05, 0.1) is 17.9 Å². The summed E-state index contributed by atoms with van der Waals surface area (Å²) in [5.41, 5.74) is 4.77. The van der Waals surface area contributed by atoms with Gasteiger partial charge < -0.3 is 15.1 Å². The molecule has 1 aliphatic heterocycles. The minimum Gasteiger partial charge on any atom is -0.355 e. The van der Waals surface area contributed by atoms with Crippen LogP contribution in [-0.4, -0.2) is 45.9 Å². The number of halogens is 1. The first kappa shape index (κ1) is 28.9. The lowest BCUT2D eigenvalue weighted by Crippen LogP contribution is -2.46. The van der Waals surface area contributed by atoms with Gasteiger partial charge in [-0.2, -0.15) is 0 Å². The van der Waals surface area contributed by atoms with Gasteiger partial charge >= 0.3 is 0 Å². The highest BCUT2D eigenvalue weighted by Crippen LogP contribution is 2.36. The molecule has 1 fully saturated rings. The molecule has 1 N–H and O–H groups in total. The molecule has 0 saturated heterocycles. The number of nitrogens with zero attached hydrogens (tertiary/aromatic N) is 4. The van der Waals surface area contributed by atoms with Crippen molar-refractivity contribution >= 4 is 39.4 Å². The summed E-state index contributed by atoms with van der Waals surface area (Å²) in [6.45, 7) is 4.91. The molecular weight excluding hydrogens is 606 g/mol. The second kappa shape index (κ2) is 11.8. The van der Waals surface area contributed by atoms with Crippen molar-refractivity contribution in [3.05, 3.63) is 116 Å². The van der Waals surface area contributed by atoms with E-state index in [0.29, 0.717) is 46.4 Å². The van der Waals surface area contributed by atoms with Crippen LogP contribution in [0.4, 0.5) is 11.6 Å². The van der Waals surface area contributed by atoms with E-state index in [1.807, 2.05) is 67.3 Å². The maximum atomic E-state index is 14.4. The minimum atomic E-state index is -0.193. The smallest absolute Gasteiger partial charge is 0.263 e. The molecule has 4 aromatic rings. The SMILES string of the molecule is CNC(=O)c1ccc(-n2c(N(CC3CC3)c3ccccc3)nc3c(c2=O)C[C@H](C)N(C(=O)c2ccc(Br)c(C)c2)C3)cc1. The first-order valence-electron chi connectivity index (χ1n) is 14.6. The first-order valence-corrected chi connectivity index (χ1v) is 15.4. The molecule has 0 radical (unpaired) electrons. The zero-order valence-electron chi connectivity index (χ0n) is 24.5. The van der Waals surface area contributed by atoms with E-state index in [0.717, 1.165) is 35.1 Å². The second-order valence-electron chi connectivity index (χ2n) is 11.4. The molecule has 2 heterocycles. The van der Waals surface area contributed by atoms with Gasteiger partial charge in [0.2, 0.25) is 5.95 Å². The van der Waals surface area contributed by atoms with Crippen molar-refractivity contribution in [2.75, 3.05) is 18.5 Å². The van der Waals surface area contributed by atoms with Crippen molar-refractivity contribution in [1.29, 1.82) is 0 Å². The van der Waals surface area contributed by atoms with Gasteiger partial charge in [-0.25, -0.2) is 9.55 Å². The summed E-state index contributed by atoms with van der Waals surface area (Å²) < 4.78 is 2.62. The highest BCUT2D eigenvalue weighted by Gasteiger charge is 2.34. The third-order valence-electron chi connectivity index (χ3n) is 8.32. The number of carbonyl (C=O) groups excluding carboxylic acids is 2. The average Bonchev–Trinajstić information content (AvgIpc) is 3.85. The predicted molar refractivity (Wildman–Crippen MR) is 171 cm³/mol. The molecule has 0 unspecified atom stereocenters. The fraction of sp³-hybridized carbons (Fsp3) is 0.294. The lowest BCUT2D eigenvalue weighted by atomic mass is 9.98. The van der Waals surface area contributed by atoms with Crippen LogP contribution in [0.1, 0.15) is 57.3 Å². The Hall–Kier alpha value is -4.24. The summed E-state index contributed by atoms with van der Waals surface area (Å²) in [5.74, 6) is 0.748. The lowest BCUT2D eigenvalue weighted by molar-refractivity contribution is 0.0653. The summed E-state index contributed by atoms with van der Waals surface area (Å²) in [7, 11) is 1.59. The standard InChI is InChI=1S/C34H34BrN5O3/c1-21-17-25(13-16-29(21)35)32(42)38-20-30-28(18-22(38)2)33(43)40(27-14-11-24(12-15-27)31(41)36-3)34(37-30)39(19-23-9-10-23)26-7-5-4-6-8-26/h4-8,11-17,22-23H,9-10,18-20H2,1-3H3,(H,36,41)/t22-/m0/s1. The number of amides is 2. The molecule has 8 nitrogen and oxygen atoms in total. The van der Waals surface area contributed by atoms with Gasteiger partial charge in [-0.1, -0.05) is 34.1 Å². The summed E-state index contributed by atoms with van der Waals surface area (Å²) in [6, 6.07) is 22.4. The summed E-state index contributed by atoms with van der Waals surface area (Å²) in [4.78, 5) is 49.5. The Labute approximate surface area is 259 Å². The van der Waals surface area contributed by atoms with Gasteiger partial charge in [0, 0.05) is 46.5 Å². The van der Waals surface area contributed by atoms with E-state index in [2.05, 4.69) is 26.1 Å². The van der Waals surface area contributed by atoms with Gasteiger partial charge in [0.15, 0.2) is 0 Å². The molecule has 1 saturated carbocycles. The number of anilines is 2. The van der Waals surface area contributed by atoms with Crippen LogP contribution >= 0.6 is 15.9 Å². The minimum absolute atomic E-state index is 0.0797. The monoisotopic (exact) mass is 639 g/mol. The van der Waals surface area contributed by atoms with Crippen LogP contribution in [0.15, 0.2) is 82.1 Å². The van der Waals surface area contributed by atoms with Gasteiger partial charge in [0.1, 0.15) is 0 Å². The number of aryl methyl sites for hydroxylation is 1. The molecule has 6 rings (SSSR count). The van der Waals surface area contributed by atoms with Crippen LogP contribution < -0.4 is 15.8 Å². The molecule has 3 aromatic carbocycles. The number of aromatic nitrogens is 2. The molecular formula is C34H34BrN5O3. The van der Waals surface area contributed by atoms with Crippen LogP contribution in [0.2, 0.25) is 0 Å². The third-order valence-corrected chi connectivity index (χ3v) is 9.21. The van der Waals surface area contributed by atoms with Crippen LogP contribution in [0.25, 0.3) is 5.69 Å².